The molecular formula is C21H25FN2O. The molecule has 1 amide bonds. The number of hydrogen-bond donors (Lipinski definition) is 1. The minimum atomic E-state index is -0.249. The summed E-state index contributed by atoms with van der Waals surface area (Å²) < 4.78 is 13.5. The van der Waals surface area contributed by atoms with Crippen LogP contribution >= 0.6 is 0 Å². The van der Waals surface area contributed by atoms with Gasteiger partial charge in [0.2, 0.25) is 0 Å². The number of amides is 1. The Morgan fingerprint density at radius 2 is 2.00 bits per heavy atom. The first-order valence-electron chi connectivity index (χ1n) is 8.87. The molecule has 1 fully saturated rings. The topological polar surface area (TPSA) is 32.3 Å². The fourth-order valence-electron chi connectivity index (χ4n) is 3.47. The van der Waals surface area contributed by atoms with Crippen LogP contribution < -0.4 is 5.32 Å². The van der Waals surface area contributed by atoms with E-state index in [-0.39, 0.29) is 11.7 Å². The van der Waals surface area contributed by atoms with Crippen molar-refractivity contribution in [2.75, 3.05) is 26.7 Å². The number of halogens is 1. The first kappa shape index (κ1) is 17.6. The molecule has 25 heavy (non-hydrogen) atoms. The summed E-state index contributed by atoms with van der Waals surface area (Å²) in [6.07, 6.45) is 2.34. The standard InChI is InChI=1S/C21H25FN2O/c1-15-5-10-19(22)12-20(15)17-6-8-18(9-7-17)21(25)24(2)14-16-4-3-11-23-13-16/h5-10,12,16,23H,3-4,11,13-14H2,1-2H3/t16-/m0/s1. The number of nitrogens with one attached hydrogen (secondary N) is 1. The number of piperidine rings is 1. The van der Waals surface area contributed by atoms with Crippen LogP contribution in [0.3, 0.4) is 0 Å². The Kier molecular flexibility index (Phi) is 5.49. The van der Waals surface area contributed by atoms with Crippen molar-refractivity contribution in [3.05, 3.63) is 59.4 Å². The molecule has 1 atom stereocenters. The van der Waals surface area contributed by atoms with Gasteiger partial charge in [-0.15, -0.1) is 0 Å². The molecule has 0 aliphatic carbocycles. The quantitative estimate of drug-likeness (QED) is 0.916. The van der Waals surface area contributed by atoms with Crippen LogP contribution in [-0.4, -0.2) is 37.5 Å². The van der Waals surface area contributed by atoms with E-state index in [0.717, 1.165) is 36.3 Å². The highest BCUT2D eigenvalue weighted by Gasteiger charge is 2.19. The summed E-state index contributed by atoms with van der Waals surface area (Å²) >= 11 is 0. The van der Waals surface area contributed by atoms with Crippen LogP contribution in [0.4, 0.5) is 4.39 Å². The van der Waals surface area contributed by atoms with E-state index < -0.39 is 0 Å². The van der Waals surface area contributed by atoms with E-state index >= 15 is 0 Å². The second-order valence-corrected chi connectivity index (χ2v) is 6.93. The number of carbonyl (C=O) groups excluding carboxylic acids is 1. The fourth-order valence-corrected chi connectivity index (χ4v) is 3.47. The highest BCUT2D eigenvalue weighted by atomic mass is 19.1. The highest BCUT2D eigenvalue weighted by Crippen LogP contribution is 2.25. The van der Waals surface area contributed by atoms with Gasteiger partial charge >= 0.3 is 0 Å². The summed E-state index contributed by atoms with van der Waals surface area (Å²) in [5.41, 5.74) is 3.47. The minimum Gasteiger partial charge on any atom is -0.341 e. The normalized spacial score (nSPS) is 17.3. The van der Waals surface area contributed by atoms with E-state index in [0.29, 0.717) is 11.5 Å². The second-order valence-electron chi connectivity index (χ2n) is 6.93. The molecule has 132 valence electrons. The van der Waals surface area contributed by atoms with E-state index in [2.05, 4.69) is 5.32 Å². The van der Waals surface area contributed by atoms with Crippen LogP contribution in [0.5, 0.6) is 0 Å². The lowest BCUT2D eigenvalue weighted by molar-refractivity contribution is 0.0765. The Morgan fingerprint density at radius 1 is 1.24 bits per heavy atom. The highest BCUT2D eigenvalue weighted by molar-refractivity contribution is 5.94. The summed E-state index contributed by atoms with van der Waals surface area (Å²) in [4.78, 5) is 14.4. The molecule has 0 radical (unpaired) electrons. The van der Waals surface area contributed by atoms with Crippen LogP contribution in [0.2, 0.25) is 0 Å². The van der Waals surface area contributed by atoms with E-state index in [1.807, 2.05) is 38.2 Å². The zero-order valence-electron chi connectivity index (χ0n) is 14.9. The number of rotatable bonds is 4. The van der Waals surface area contributed by atoms with Gasteiger partial charge in [0.25, 0.3) is 5.91 Å². The maximum atomic E-state index is 13.5. The number of benzene rings is 2. The zero-order valence-corrected chi connectivity index (χ0v) is 14.9. The maximum Gasteiger partial charge on any atom is 0.253 e. The molecular weight excluding hydrogens is 315 g/mol. The van der Waals surface area contributed by atoms with Gasteiger partial charge in [0, 0.05) is 19.2 Å². The summed E-state index contributed by atoms with van der Waals surface area (Å²) in [7, 11) is 1.86. The number of nitrogens with zero attached hydrogens (tertiary/aromatic N) is 1. The van der Waals surface area contributed by atoms with Gasteiger partial charge < -0.3 is 10.2 Å². The first-order valence-corrected chi connectivity index (χ1v) is 8.87. The lowest BCUT2D eigenvalue weighted by Gasteiger charge is -2.27. The number of aryl methyl sites for hydroxylation is 1. The summed E-state index contributed by atoms with van der Waals surface area (Å²) in [5.74, 6) is 0.312. The van der Waals surface area contributed by atoms with Crippen molar-refractivity contribution in [2.24, 2.45) is 5.92 Å². The Balaban J connectivity index is 1.70. The lowest BCUT2D eigenvalue weighted by atomic mass is 9.98. The smallest absolute Gasteiger partial charge is 0.253 e. The number of carbonyl (C=O) groups is 1. The average molecular weight is 340 g/mol. The number of hydrogen-bond acceptors (Lipinski definition) is 2. The largest absolute Gasteiger partial charge is 0.341 e. The van der Waals surface area contributed by atoms with E-state index in [1.165, 1.54) is 25.0 Å². The maximum absolute atomic E-state index is 13.5. The van der Waals surface area contributed by atoms with Crippen molar-refractivity contribution in [1.82, 2.24) is 10.2 Å². The molecule has 3 nitrogen and oxygen atoms in total. The van der Waals surface area contributed by atoms with Crippen molar-refractivity contribution in [1.29, 1.82) is 0 Å². The van der Waals surface area contributed by atoms with Gasteiger partial charge in [0.15, 0.2) is 0 Å². The van der Waals surface area contributed by atoms with E-state index in [4.69, 9.17) is 0 Å². The third-order valence-electron chi connectivity index (χ3n) is 4.92. The van der Waals surface area contributed by atoms with E-state index in [9.17, 15) is 9.18 Å². The van der Waals surface area contributed by atoms with Crippen LogP contribution in [-0.2, 0) is 0 Å². The van der Waals surface area contributed by atoms with Crippen molar-refractivity contribution in [3.63, 3.8) is 0 Å². The van der Waals surface area contributed by atoms with Gasteiger partial charge in [-0.3, -0.25) is 4.79 Å². The molecule has 1 heterocycles. The minimum absolute atomic E-state index is 0.0353. The molecule has 4 heteroatoms. The molecule has 1 saturated heterocycles. The summed E-state index contributed by atoms with van der Waals surface area (Å²) in [6.45, 7) is 4.79. The molecule has 3 rings (SSSR count). The monoisotopic (exact) mass is 340 g/mol. The lowest BCUT2D eigenvalue weighted by Crippen LogP contribution is -2.39. The molecule has 0 spiro atoms. The molecule has 1 N–H and O–H groups in total. The molecule has 0 unspecified atom stereocenters. The molecule has 1 aliphatic rings. The van der Waals surface area contributed by atoms with Crippen LogP contribution in [0.25, 0.3) is 11.1 Å². The van der Waals surface area contributed by atoms with Crippen LogP contribution in [0.1, 0.15) is 28.8 Å². The van der Waals surface area contributed by atoms with Gasteiger partial charge in [-0.2, -0.15) is 0 Å². The third-order valence-corrected chi connectivity index (χ3v) is 4.92. The third kappa shape index (κ3) is 4.26. The molecule has 0 saturated carbocycles. The van der Waals surface area contributed by atoms with Crippen molar-refractivity contribution in [2.45, 2.75) is 19.8 Å². The Hall–Kier alpha value is -2.20. The zero-order chi connectivity index (χ0) is 17.8. The molecule has 2 aromatic carbocycles. The second kappa shape index (κ2) is 7.79. The molecule has 1 aliphatic heterocycles. The predicted molar refractivity (Wildman–Crippen MR) is 99.1 cm³/mol. The van der Waals surface area contributed by atoms with E-state index in [1.54, 1.807) is 11.0 Å². The first-order chi connectivity index (χ1) is 12.0. The summed E-state index contributed by atoms with van der Waals surface area (Å²) in [6, 6.07) is 12.2. The van der Waals surface area contributed by atoms with Gasteiger partial charge in [0.1, 0.15) is 5.82 Å². The SMILES string of the molecule is Cc1ccc(F)cc1-c1ccc(C(=O)N(C)C[C@H]2CCCNC2)cc1. The van der Waals surface area contributed by atoms with Crippen molar-refractivity contribution < 1.29 is 9.18 Å². The Morgan fingerprint density at radius 3 is 2.68 bits per heavy atom. The van der Waals surface area contributed by atoms with Gasteiger partial charge in [-0.05, 0) is 79.7 Å². The molecule has 2 aromatic rings. The van der Waals surface area contributed by atoms with Crippen LogP contribution in [0.15, 0.2) is 42.5 Å². The Bertz CT molecular complexity index is 736. The van der Waals surface area contributed by atoms with Crippen LogP contribution in [0, 0.1) is 18.7 Å². The van der Waals surface area contributed by atoms with Gasteiger partial charge in [-0.1, -0.05) is 18.2 Å². The summed E-state index contributed by atoms with van der Waals surface area (Å²) in [5, 5.41) is 3.39. The molecule has 0 bridgehead atoms. The van der Waals surface area contributed by atoms with Gasteiger partial charge in [0.05, 0.1) is 0 Å². The average Bonchev–Trinajstić information content (AvgIpc) is 2.64. The van der Waals surface area contributed by atoms with Crippen molar-refractivity contribution in [3.8, 4) is 11.1 Å². The Labute approximate surface area is 148 Å². The van der Waals surface area contributed by atoms with Gasteiger partial charge in [-0.25, -0.2) is 4.39 Å². The predicted octanol–water partition coefficient (Wildman–Crippen LogP) is 3.87. The fraction of sp³-hybridized carbons (Fsp3) is 0.381. The van der Waals surface area contributed by atoms with Crippen molar-refractivity contribution >= 4 is 5.91 Å². The molecule has 0 aromatic heterocycles.